The second-order valence-corrected chi connectivity index (χ2v) is 0.805. The van der Waals surface area contributed by atoms with E-state index in [1.54, 1.807) is 6.92 Å². The van der Waals surface area contributed by atoms with E-state index in [1.165, 1.54) is 0 Å². The first-order chi connectivity index (χ1) is 3.77. The first-order valence-corrected chi connectivity index (χ1v) is 2.20. The number of hydrogen-bond acceptors (Lipinski definition) is 3. The van der Waals surface area contributed by atoms with Gasteiger partial charge >= 0.3 is 0 Å². The van der Waals surface area contributed by atoms with E-state index in [9.17, 15) is 4.79 Å². The predicted octanol–water partition coefficient (Wildman–Crippen LogP) is 0.440. The Kier molecular flexibility index (Phi) is 51.0. The van der Waals surface area contributed by atoms with Crippen molar-refractivity contribution in [2.45, 2.75) is 6.92 Å². The van der Waals surface area contributed by atoms with Crippen molar-refractivity contribution in [3.63, 3.8) is 0 Å². The minimum Gasteiger partial charge on any atom is -0.489 e. The maximum absolute atomic E-state index is 9.71. The van der Waals surface area contributed by atoms with Crippen molar-refractivity contribution >= 4 is 5.97 Å². The van der Waals surface area contributed by atoms with Gasteiger partial charge in [0.1, 0.15) is 0 Å². The van der Waals surface area contributed by atoms with Crippen LogP contribution in [0, 0.1) is 14.4 Å². The fraction of sp³-hybridized carbons (Fsp3) is 0.500. The quantitative estimate of drug-likeness (QED) is 0.518. The molecule has 0 saturated heterocycles. The molecule has 0 aliphatic rings. The molecule has 0 aromatic rings. The third kappa shape index (κ3) is 39.8. The molecule has 0 amide bonds. The smallest absolute Gasteiger partial charge is 0.164 e. The van der Waals surface area contributed by atoms with Gasteiger partial charge < -0.3 is 17.3 Å². The SMILES string of the molecule is CO.[CH2-]C(=O)OCC.[CH3-].[Y]. The van der Waals surface area contributed by atoms with Crippen LogP contribution in [0.1, 0.15) is 6.92 Å². The molecule has 0 aliphatic heterocycles. The van der Waals surface area contributed by atoms with Crippen LogP contribution in [0.3, 0.4) is 0 Å². The van der Waals surface area contributed by atoms with Crippen LogP contribution in [-0.2, 0) is 42.2 Å². The summed E-state index contributed by atoms with van der Waals surface area (Å²) >= 11 is 0. The minimum atomic E-state index is -0.461. The third-order valence-electron chi connectivity index (χ3n) is 0.305. The largest absolute Gasteiger partial charge is 0.489 e. The first-order valence-electron chi connectivity index (χ1n) is 2.20. The average Bonchev–Trinajstić information content (AvgIpc) is 1.72. The van der Waals surface area contributed by atoms with Crippen LogP contribution in [0.15, 0.2) is 0 Å². The van der Waals surface area contributed by atoms with E-state index in [1.807, 2.05) is 0 Å². The molecule has 1 N–H and O–H groups in total. The van der Waals surface area contributed by atoms with E-state index in [0.717, 1.165) is 7.11 Å². The van der Waals surface area contributed by atoms with Crippen molar-refractivity contribution in [1.82, 2.24) is 0 Å². The van der Waals surface area contributed by atoms with Crippen molar-refractivity contribution in [1.29, 1.82) is 0 Å². The van der Waals surface area contributed by atoms with Gasteiger partial charge in [0.15, 0.2) is 5.97 Å². The number of ether oxygens (including phenoxy) is 1. The van der Waals surface area contributed by atoms with E-state index in [-0.39, 0.29) is 40.1 Å². The van der Waals surface area contributed by atoms with Crippen molar-refractivity contribution in [3.05, 3.63) is 14.4 Å². The van der Waals surface area contributed by atoms with Gasteiger partial charge in [-0.05, 0) is 6.92 Å². The summed E-state index contributed by atoms with van der Waals surface area (Å²) in [6.45, 7) is 5.13. The number of carbonyl (C=O) groups is 1. The molecule has 0 aliphatic carbocycles. The molecule has 0 rings (SSSR count). The number of aliphatic hydroxyl groups is 1. The van der Waals surface area contributed by atoms with Gasteiger partial charge in [-0.2, -0.15) is 0 Å². The Morgan fingerprint density at radius 2 is 1.90 bits per heavy atom. The first kappa shape index (κ1) is 22.4. The van der Waals surface area contributed by atoms with Crippen LogP contribution in [-0.4, -0.2) is 24.8 Å². The third-order valence-corrected chi connectivity index (χ3v) is 0.305. The van der Waals surface area contributed by atoms with Crippen LogP contribution in [0.5, 0.6) is 0 Å². The van der Waals surface area contributed by atoms with Crippen LogP contribution >= 0.6 is 0 Å². The van der Waals surface area contributed by atoms with Crippen LogP contribution in [0.25, 0.3) is 0 Å². The summed E-state index contributed by atoms with van der Waals surface area (Å²) in [5.41, 5.74) is 0. The second kappa shape index (κ2) is 22.7. The monoisotopic (exact) mass is 223 g/mol. The molecule has 4 heteroatoms. The summed E-state index contributed by atoms with van der Waals surface area (Å²) < 4.78 is 4.29. The fourth-order valence-corrected chi connectivity index (χ4v) is 0.161. The number of aliphatic hydroxyl groups excluding tert-OH is 1. The van der Waals surface area contributed by atoms with Gasteiger partial charge in [-0.25, -0.2) is 0 Å². The molecule has 0 fully saturated rings. The van der Waals surface area contributed by atoms with E-state index in [2.05, 4.69) is 11.7 Å². The minimum absolute atomic E-state index is 0. The summed E-state index contributed by atoms with van der Waals surface area (Å²) in [4.78, 5) is 9.71. The average molecular weight is 223 g/mol. The topological polar surface area (TPSA) is 46.5 Å². The fourth-order valence-electron chi connectivity index (χ4n) is 0.161. The predicted molar refractivity (Wildman–Crippen MR) is 36.5 cm³/mol. The van der Waals surface area contributed by atoms with Crippen molar-refractivity contribution in [3.8, 4) is 0 Å². The molecule has 0 unspecified atom stereocenters. The second-order valence-electron chi connectivity index (χ2n) is 0.805. The van der Waals surface area contributed by atoms with E-state index >= 15 is 0 Å². The Morgan fingerprint density at radius 3 is 1.90 bits per heavy atom. The summed E-state index contributed by atoms with van der Waals surface area (Å²) in [6.07, 6.45) is 0. The van der Waals surface area contributed by atoms with Gasteiger partial charge in [-0.1, -0.05) is 0 Å². The maximum atomic E-state index is 9.71. The van der Waals surface area contributed by atoms with Crippen molar-refractivity contribution in [2.24, 2.45) is 0 Å². The molecule has 1 radical (unpaired) electrons. The number of rotatable bonds is 1. The summed E-state index contributed by atoms with van der Waals surface area (Å²) in [6, 6.07) is 0. The molecule has 61 valence electrons. The molecule has 0 saturated carbocycles. The van der Waals surface area contributed by atoms with E-state index in [0.29, 0.717) is 6.61 Å². The standard InChI is InChI=1S/C4H7O2.CH4O.CH3.Y/c1-3-6-4(2)5;1-2;;/h2-3H2,1H3;2H,1H3;1H3;/q-1;;-1;. The van der Waals surface area contributed by atoms with Crippen LogP contribution < -0.4 is 0 Å². The summed E-state index contributed by atoms with van der Waals surface area (Å²) in [5, 5.41) is 7.00. The zero-order chi connectivity index (χ0) is 6.99. The van der Waals surface area contributed by atoms with Gasteiger partial charge in [0, 0.05) is 39.8 Å². The van der Waals surface area contributed by atoms with Gasteiger partial charge in [0.2, 0.25) is 0 Å². The van der Waals surface area contributed by atoms with Gasteiger partial charge in [-0.15, -0.1) is 0 Å². The molecule has 10 heavy (non-hydrogen) atoms. The van der Waals surface area contributed by atoms with Crippen molar-refractivity contribution < 1.29 is 47.3 Å². The Hall–Kier alpha value is 0.404. The zero-order valence-corrected chi connectivity index (χ0v) is 9.59. The summed E-state index contributed by atoms with van der Waals surface area (Å²) in [5.74, 6) is -0.461. The van der Waals surface area contributed by atoms with Crippen molar-refractivity contribution in [2.75, 3.05) is 13.7 Å². The number of esters is 1. The molecule has 3 nitrogen and oxygen atoms in total. The zero-order valence-electron chi connectivity index (χ0n) is 6.76. The van der Waals surface area contributed by atoms with Gasteiger partial charge in [0.05, 0.1) is 6.61 Å². The normalized spacial score (nSPS) is 5.10. The molecule has 0 bridgehead atoms. The van der Waals surface area contributed by atoms with Crippen LogP contribution in [0.4, 0.5) is 0 Å². The maximum Gasteiger partial charge on any atom is 0.164 e. The molecule has 0 spiro atoms. The molecular weight excluding hydrogens is 209 g/mol. The Morgan fingerprint density at radius 1 is 1.60 bits per heavy atom. The van der Waals surface area contributed by atoms with Crippen LogP contribution in [0.2, 0.25) is 0 Å². The Labute approximate surface area is 88.0 Å². The molecule has 0 aromatic heterocycles. The Balaban J connectivity index is -0.0000000412. The molecule has 0 aromatic carbocycles. The molecule has 0 heterocycles. The number of carbonyl (C=O) groups excluding carboxylic acids is 1. The van der Waals surface area contributed by atoms with Gasteiger partial charge in [0.25, 0.3) is 0 Å². The van der Waals surface area contributed by atoms with E-state index in [4.69, 9.17) is 5.11 Å². The van der Waals surface area contributed by atoms with E-state index < -0.39 is 5.97 Å². The summed E-state index contributed by atoms with van der Waals surface area (Å²) in [7, 11) is 1.00. The molecule has 0 atom stereocenters. The molecular formula is C6H14O3Y-2. The number of hydrogen-bond donors (Lipinski definition) is 1. The Bertz CT molecular complexity index is 57.0. The van der Waals surface area contributed by atoms with Gasteiger partial charge in [-0.3, -0.25) is 11.7 Å².